The molecule has 4 rings (SSSR count). The molecule has 0 saturated heterocycles. The summed E-state index contributed by atoms with van der Waals surface area (Å²) < 4.78 is 17.1. The molecule has 0 aromatic heterocycles. The van der Waals surface area contributed by atoms with Crippen LogP contribution in [0.25, 0.3) is 0 Å². The highest BCUT2D eigenvalue weighted by Crippen LogP contribution is 2.70. The van der Waals surface area contributed by atoms with E-state index in [2.05, 4.69) is 32.9 Å². The molecule has 4 aliphatic carbocycles. The first-order valence-corrected chi connectivity index (χ1v) is 12.6. The fourth-order valence-corrected chi connectivity index (χ4v) is 8.50. The summed E-state index contributed by atoms with van der Waals surface area (Å²) >= 11 is 7.64. The minimum atomic E-state index is -1.17. The standard InChI is InChI=1S/C24H33ClFNS/c1-4-17-5-6-19-21-13-16(15-27)20-14-18(28-12-11-25)7-8-23(20,3)24(21,26)10-9-22(17,19)2/h14,17,19,21H,4-13H2,1-3H3/t17-,19-,21-,22+,23-,24+/m0/s1. The quantitative estimate of drug-likeness (QED) is 0.440. The Balaban J connectivity index is 1.76. The Bertz CT molecular complexity index is 754. The van der Waals surface area contributed by atoms with Crippen LogP contribution in [0.3, 0.4) is 0 Å². The molecule has 0 N–H and O–H groups in total. The average molecular weight is 422 g/mol. The number of thioether (sulfide) groups is 1. The van der Waals surface area contributed by atoms with Gasteiger partial charge >= 0.3 is 0 Å². The van der Waals surface area contributed by atoms with E-state index in [1.54, 1.807) is 11.8 Å². The first kappa shape index (κ1) is 20.8. The smallest absolute Gasteiger partial charge is 0.123 e. The molecule has 4 heteroatoms. The van der Waals surface area contributed by atoms with Gasteiger partial charge in [0.25, 0.3) is 0 Å². The number of allylic oxidation sites excluding steroid dienone is 4. The second-order valence-corrected chi connectivity index (χ2v) is 11.6. The highest BCUT2D eigenvalue weighted by molar-refractivity contribution is 8.03. The minimum Gasteiger partial charge on any atom is -0.243 e. The molecule has 0 amide bonds. The fourth-order valence-electron chi connectivity index (χ4n) is 7.48. The Morgan fingerprint density at radius 1 is 1.25 bits per heavy atom. The normalized spacial score (nSPS) is 45.0. The predicted molar refractivity (Wildman–Crippen MR) is 117 cm³/mol. The summed E-state index contributed by atoms with van der Waals surface area (Å²) in [6.07, 6.45) is 9.78. The summed E-state index contributed by atoms with van der Waals surface area (Å²) in [6, 6.07) is 2.51. The predicted octanol–water partition coefficient (Wildman–Crippen LogP) is 7.43. The van der Waals surface area contributed by atoms with Gasteiger partial charge in [-0.3, -0.25) is 0 Å². The van der Waals surface area contributed by atoms with E-state index in [4.69, 9.17) is 11.6 Å². The van der Waals surface area contributed by atoms with Crippen LogP contribution in [0.4, 0.5) is 4.39 Å². The van der Waals surface area contributed by atoms with E-state index in [9.17, 15) is 5.26 Å². The molecule has 1 nitrogen and oxygen atoms in total. The maximum absolute atomic E-state index is 17.1. The molecule has 0 aliphatic heterocycles. The van der Waals surface area contributed by atoms with Gasteiger partial charge in [0.15, 0.2) is 0 Å². The first-order chi connectivity index (χ1) is 13.3. The Morgan fingerprint density at radius 2 is 2.04 bits per heavy atom. The van der Waals surface area contributed by atoms with Crippen LogP contribution in [0.1, 0.15) is 72.1 Å². The Labute approximate surface area is 179 Å². The SMILES string of the molecule is CC[C@H]1CC[C@H]2[C@@H]3CC(C#N)=C4C=C(SCCCl)CC[C@]4(C)[C@@]3(F)CC[C@]12C. The van der Waals surface area contributed by atoms with Gasteiger partial charge in [-0.05, 0) is 78.8 Å². The number of nitrogens with zero attached hydrogens (tertiary/aromatic N) is 1. The van der Waals surface area contributed by atoms with Gasteiger partial charge in [-0.25, -0.2) is 4.39 Å². The van der Waals surface area contributed by atoms with E-state index in [-0.39, 0.29) is 11.3 Å². The van der Waals surface area contributed by atoms with Gasteiger partial charge in [0.2, 0.25) is 0 Å². The van der Waals surface area contributed by atoms with Gasteiger partial charge in [-0.1, -0.05) is 27.2 Å². The van der Waals surface area contributed by atoms with E-state index in [0.717, 1.165) is 48.5 Å². The molecule has 0 aromatic rings. The molecular formula is C24H33ClFNS. The average Bonchev–Trinajstić information content (AvgIpc) is 3.03. The van der Waals surface area contributed by atoms with E-state index >= 15 is 4.39 Å². The van der Waals surface area contributed by atoms with Crippen molar-refractivity contribution in [2.75, 3.05) is 11.6 Å². The molecule has 0 heterocycles. The lowest BCUT2D eigenvalue weighted by molar-refractivity contribution is -0.132. The molecule has 154 valence electrons. The van der Waals surface area contributed by atoms with Crippen molar-refractivity contribution in [2.45, 2.75) is 77.8 Å². The van der Waals surface area contributed by atoms with Crippen molar-refractivity contribution < 1.29 is 4.39 Å². The first-order valence-electron chi connectivity index (χ1n) is 11.1. The van der Waals surface area contributed by atoms with Crippen LogP contribution in [-0.2, 0) is 0 Å². The van der Waals surface area contributed by atoms with Crippen LogP contribution in [-0.4, -0.2) is 17.3 Å². The van der Waals surface area contributed by atoms with Crippen molar-refractivity contribution in [3.8, 4) is 6.07 Å². The Morgan fingerprint density at radius 3 is 2.71 bits per heavy atom. The molecule has 0 aromatic carbocycles. The zero-order valence-electron chi connectivity index (χ0n) is 17.5. The molecule has 0 radical (unpaired) electrons. The van der Waals surface area contributed by atoms with E-state index in [1.165, 1.54) is 17.7 Å². The zero-order chi connectivity index (χ0) is 20.2. The van der Waals surface area contributed by atoms with Crippen LogP contribution in [0, 0.1) is 39.9 Å². The number of alkyl halides is 2. The number of rotatable bonds is 4. The lowest BCUT2D eigenvalue weighted by atomic mass is 9.45. The third-order valence-corrected chi connectivity index (χ3v) is 10.7. The summed E-state index contributed by atoms with van der Waals surface area (Å²) in [6.45, 7) is 6.84. The summed E-state index contributed by atoms with van der Waals surface area (Å²) in [5.41, 5.74) is 0.432. The molecule has 0 bridgehead atoms. The lowest BCUT2D eigenvalue weighted by Gasteiger charge is -2.61. The van der Waals surface area contributed by atoms with Crippen LogP contribution < -0.4 is 0 Å². The van der Waals surface area contributed by atoms with Crippen molar-refractivity contribution in [3.05, 3.63) is 22.1 Å². The van der Waals surface area contributed by atoms with Crippen LogP contribution in [0.15, 0.2) is 22.1 Å². The highest BCUT2D eigenvalue weighted by atomic mass is 35.5. The fraction of sp³-hybridized carbons (Fsp3) is 0.792. The third kappa shape index (κ3) is 2.77. The van der Waals surface area contributed by atoms with Crippen molar-refractivity contribution >= 4 is 23.4 Å². The van der Waals surface area contributed by atoms with E-state index in [1.807, 2.05) is 0 Å². The minimum absolute atomic E-state index is 0.0108. The van der Waals surface area contributed by atoms with Crippen LogP contribution in [0.5, 0.6) is 0 Å². The van der Waals surface area contributed by atoms with Gasteiger partial charge in [-0.15, -0.1) is 23.4 Å². The molecular weight excluding hydrogens is 389 g/mol. The molecule has 6 atom stereocenters. The highest BCUT2D eigenvalue weighted by Gasteiger charge is 2.67. The largest absolute Gasteiger partial charge is 0.243 e. The topological polar surface area (TPSA) is 23.8 Å². The summed E-state index contributed by atoms with van der Waals surface area (Å²) in [7, 11) is 0. The molecule has 2 saturated carbocycles. The Kier molecular flexibility index (Phi) is 5.46. The molecule has 4 aliphatic rings. The number of nitriles is 1. The second-order valence-electron chi connectivity index (χ2n) is 9.95. The van der Waals surface area contributed by atoms with Crippen molar-refractivity contribution in [2.24, 2.45) is 28.6 Å². The maximum Gasteiger partial charge on any atom is 0.123 e. The summed E-state index contributed by atoms with van der Waals surface area (Å²) in [5, 5.41) is 10.00. The van der Waals surface area contributed by atoms with Gasteiger partial charge in [-0.2, -0.15) is 5.26 Å². The van der Waals surface area contributed by atoms with Gasteiger partial charge in [0, 0.05) is 28.5 Å². The number of halogens is 2. The monoisotopic (exact) mass is 421 g/mol. The van der Waals surface area contributed by atoms with Gasteiger partial charge in [0.05, 0.1) is 6.07 Å². The van der Waals surface area contributed by atoms with Crippen molar-refractivity contribution in [1.29, 1.82) is 5.26 Å². The number of fused-ring (bicyclic) bond motifs is 5. The lowest BCUT2D eigenvalue weighted by Crippen LogP contribution is -2.60. The van der Waals surface area contributed by atoms with Gasteiger partial charge in [0.1, 0.15) is 5.67 Å². The zero-order valence-corrected chi connectivity index (χ0v) is 19.1. The Hall–Kier alpha value is -0.460. The van der Waals surface area contributed by atoms with E-state index < -0.39 is 11.1 Å². The molecule has 0 unspecified atom stereocenters. The second kappa shape index (κ2) is 7.35. The third-order valence-electron chi connectivity index (χ3n) is 9.14. The van der Waals surface area contributed by atoms with Crippen LogP contribution in [0.2, 0.25) is 0 Å². The van der Waals surface area contributed by atoms with Crippen molar-refractivity contribution in [3.63, 3.8) is 0 Å². The number of hydrogen-bond acceptors (Lipinski definition) is 2. The number of hydrogen-bond donors (Lipinski definition) is 0. The molecule has 0 spiro atoms. The summed E-state index contributed by atoms with van der Waals surface area (Å²) in [4.78, 5) is 1.27. The van der Waals surface area contributed by atoms with Crippen molar-refractivity contribution in [1.82, 2.24) is 0 Å². The summed E-state index contributed by atoms with van der Waals surface area (Å²) in [5.74, 6) is 2.65. The molecule has 2 fully saturated rings. The van der Waals surface area contributed by atoms with E-state index in [0.29, 0.717) is 24.6 Å². The maximum atomic E-state index is 17.1. The van der Waals surface area contributed by atoms with Gasteiger partial charge < -0.3 is 0 Å². The molecule has 28 heavy (non-hydrogen) atoms. The van der Waals surface area contributed by atoms with Crippen LogP contribution >= 0.6 is 23.4 Å².